The lowest BCUT2D eigenvalue weighted by atomic mass is 9.97. The van der Waals surface area contributed by atoms with Crippen LogP contribution in [0.25, 0.3) is 10.8 Å². The average Bonchev–Trinajstić information content (AvgIpc) is 2.56. The molecule has 0 aliphatic heterocycles. The average molecular weight is 299 g/mol. The van der Waals surface area contributed by atoms with Crippen LogP contribution in [0.15, 0.2) is 42.5 Å². The standard InChI is InChI=1S/C19H29N3/c1-2-21-13-5-6-14-22-15-12-19(20)18-11-7-9-16-8-3-4-10-17(16)18/h3-4,7-11,19,21-22H,2,5-6,12-15,20H2,1H3. The second-order valence-corrected chi connectivity index (χ2v) is 5.77. The normalized spacial score (nSPS) is 12.6. The van der Waals surface area contributed by atoms with E-state index >= 15 is 0 Å². The molecule has 2 rings (SSSR count). The van der Waals surface area contributed by atoms with Gasteiger partial charge in [0.2, 0.25) is 0 Å². The Kier molecular flexibility index (Phi) is 7.37. The van der Waals surface area contributed by atoms with E-state index in [1.54, 1.807) is 0 Å². The van der Waals surface area contributed by atoms with E-state index in [-0.39, 0.29) is 6.04 Å². The number of nitrogens with one attached hydrogen (secondary N) is 2. The summed E-state index contributed by atoms with van der Waals surface area (Å²) in [5.74, 6) is 0. The molecule has 0 fully saturated rings. The first-order valence-corrected chi connectivity index (χ1v) is 8.47. The van der Waals surface area contributed by atoms with Crippen molar-refractivity contribution >= 4 is 10.8 Å². The van der Waals surface area contributed by atoms with Crippen molar-refractivity contribution in [3.8, 4) is 0 Å². The SMILES string of the molecule is CCNCCCCNCCC(N)c1cccc2ccccc12. The fourth-order valence-corrected chi connectivity index (χ4v) is 2.79. The highest BCUT2D eigenvalue weighted by Crippen LogP contribution is 2.24. The van der Waals surface area contributed by atoms with Crippen molar-refractivity contribution in [2.45, 2.75) is 32.2 Å². The Bertz CT molecular complexity index is 548. The number of hydrogen-bond acceptors (Lipinski definition) is 3. The van der Waals surface area contributed by atoms with Gasteiger partial charge in [-0.15, -0.1) is 0 Å². The van der Waals surface area contributed by atoms with Gasteiger partial charge in [-0.3, -0.25) is 0 Å². The third kappa shape index (κ3) is 5.09. The molecule has 0 amide bonds. The van der Waals surface area contributed by atoms with Gasteiger partial charge in [0.1, 0.15) is 0 Å². The summed E-state index contributed by atoms with van der Waals surface area (Å²) in [5.41, 5.74) is 7.65. The van der Waals surface area contributed by atoms with Crippen LogP contribution in [0.3, 0.4) is 0 Å². The second kappa shape index (κ2) is 9.57. The highest BCUT2D eigenvalue weighted by molar-refractivity contribution is 5.86. The maximum absolute atomic E-state index is 6.39. The lowest BCUT2D eigenvalue weighted by Gasteiger charge is -2.15. The van der Waals surface area contributed by atoms with Crippen molar-refractivity contribution < 1.29 is 0 Å². The maximum atomic E-state index is 6.39. The second-order valence-electron chi connectivity index (χ2n) is 5.77. The molecule has 22 heavy (non-hydrogen) atoms. The Morgan fingerprint density at radius 2 is 1.64 bits per heavy atom. The van der Waals surface area contributed by atoms with Crippen LogP contribution in [0, 0.1) is 0 Å². The van der Waals surface area contributed by atoms with E-state index in [9.17, 15) is 0 Å². The van der Waals surface area contributed by atoms with Crippen molar-refractivity contribution in [2.75, 3.05) is 26.2 Å². The van der Waals surface area contributed by atoms with Gasteiger partial charge in [-0.05, 0) is 61.8 Å². The zero-order chi connectivity index (χ0) is 15.6. The van der Waals surface area contributed by atoms with E-state index in [0.717, 1.165) is 32.6 Å². The molecule has 2 aromatic rings. The number of fused-ring (bicyclic) bond motifs is 1. The molecule has 0 aromatic heterocycles. The summed E-state index contributed by atoms with van der Waals surface area (Å²) in [6.07, 6.45) is 3.42. The Morgan fingerprint density at radius 3 is 2.45 bits per heavy atom. The van der Waals surface area contributed by atoms with Crippen LogP contribution in [0.5, 0.6) is 0 Å². The van der Waals surface area contributed by atoms with E-state index in [4.69, 9.17) is 5.73 Å². The van der Waals surface area contributed by atoms with Crippen molar-refractivity contribution in [3.63, 3.8) is 0 Å². The molecule has 3 heteroatoms. The Hall–Kier alpha value is -1.42. The van der Waals surface area contributed by atoms with E-state index in [2.05, 4.69) is 60.0 Å². The molecule has 0 aliphatic rings. The smallest absolute Gasteiger partial charge is 0.0313 e. The van der Waals surface area contributed by atoms with E-state index < -0.39 is 0 Å². The van der Waals surface area contributed by atoms with Crippen LogP contribution in [-0.2, 0) is 0 Å². The van der Waals surface area contributed by atoms with Crippen molar-refractivity contribution in [1.29, 1.82) is 0 Å². The number of rotatable bonds is 10. The summed E-state index contributed by atoms with van der Waals surface area (Å²) >= 11 is 0. The topological polar surface area (TPSA) is 50.1 Å². The number of nitrogens with two attached hydrogens (primary N) is 1. The first kappa shape index (κ1) is 16.9. The first-order valence-electron chi connectivity index (χ1n) is 8.47. The molecule has 0 bridgehead atoms. The Balaban J connectivity index is 1.74. The zero-order valence-corrected chi connectivity index (χ0v) is 13.6. The minimum Gasteiger partial charge on any atom is -0.324 e. The van der Waals surface area contributed by atoms with Crippen LogP contribution in [0.2, 0.25) is 0 Å². The monoisotopic (exact) mass is 299 g/mol. The number of benzene rings is 2. The van der Waals surface area contributed by atoms with Crippen LogP contribution in [0.1, 0.15) is 37.8 Å². The minimum absolute atomic E-state index is 0.0976. The van der Waals surface area contributed by atoms with Crippen molar-refractivity contribution in [3.05, 3.63) is 48.0 Å². The number of hydrogen-bond donors (Lipinski definition) is 3. The molecule has 2 aromatic carbocycles. The van der Waals surface area contributed by atoms with Crippen molar-refractivity contribution in [1.82, 2.24) is 10.6 Å². The summed E-state index contributed by atoms with van der Waals surface area (Å²) in [6.45, 7) is 6.38. The van der Waals surface area contributed by atoms with Gasteiger partial charge in [0, 0.05) is 6.04 Å². The van der Waals surface area contributed by atoms with Crippen LogP contribution < -0.4 is 16.4 Å². The van der Waals surface area contributed by atoms with Gasteiger partial charge in [-0.1, -0.05) is 49.4 Å². The quantitative estimate of drug-likeness (QED) is 0.590. The largest absolute Gasteiger partial charge is 0.324 e. The van der Waals surface area contributed by atoms with Gasteiger partial charge in [-0.2, -0.15) is 0 Å². The highest BCUT2D eigenvalue weighted by Gasteiger charge is 2.08. The molecule has 3 nitrogen and oxygen atoms in total. The molecule has 1 atom stereocenters. The van der Waals surface area contributed by atoms with Crippen LogP contribution >= 0.6 is 0 Å². The van der Waals surface area contributed by atoms with Gasteiger partial charge < -0.3 is 16.4 Å². The predicted octanol–water partition coefficient (Wildman–Crippen LogP) is 3.21. The molecular weight excluding hydrogens is 270 g/mol. The van der Waals surface area contributed by atoms with Gasteiger partial charge in [-0.25, -0.2) is 0 Å². The predicted molar refractivity (Wildman–Crippen MR) is 96.1 cm³/mol. The molecule has 1 unspecified atom stereocenters. The van der Waals surface area contributed by atoms with Crippen molar-refractivity contribution in [2.24, 2.45) is 5.73 Å². The molecule has 120 valence electrons. The lowest BCUT2D eigenvalue weighted by molar-refractivity contribution is 0.552. The van der Waals surface area contributed by atoms with Gasteiger partial charge in [0.25, 0.3) is 0 Å². The molecule has 4 N–H and O–H groups in total. The summed E-state index contributed by atoms with van der Waals surface area (Å²) in [7, 11) is 0. The third-order valence-corrected chi connectivity index (χ3v) is 4.06. The van der Waals surface area contributed by atoms with Crippen LogP contribution in [-0.4, -0.2) is 26.2 Å². The first-order chi connectivity index (χ1) is 10.8. The summed E-state index contributed by atoms with van der Waals surface area (Å²) in [4.78, 5) is 0. The molecule has 0 saturated heterocycles. The molecule has 0 radical (unpaired) electrons. The highest BCUT2D eigenvalue weighted by atomic mass is 14.9. The van der Waals surface area contributed by atoms with Gasteiger partial charge in [0.15, 0.2) is 0 Å². The summed E-state index contributed by atoms with van der Waals surface area (Å²) in [6, 6.07) is 15.0. The summed E-state index contributed by atoms with van der Waals surface area (Å²) < 4.78 is 0. The van der Waals surface area contributed by atoms with E-state index in [1.165, 1.54) is 29.2 Å². The molecule has 0 saturated carbocycles. The summed E-state index contributed by atoms with van der Waals surface area (Å²) in [5, 5.41) is 9.40. The fraction of sp³-hybridized carbons (Fsp3) is 0.474. The van der Waals surface area contributed by atoms with E-state index in [0.29, 0.717) is 0 Å². The number of unbranched alkanes of at least 4 members (excludes halogenated alkanes) is 1. The fourth-order valence-electron chi connectivity index (χ4n) is 2.79. The molecule has 0 heterocycles. The van der Waals surface area contributed by atoms with E-state index in [1.807, 2.05) is 0 Å². The molecular formula is C19H29N3. The third-order valence-electron chi connectivity index (χ3n) is 4.06. The minimum atomic E-state index is 0.0976. The lowest BCUT2D eigenvalue weighted by Crippen LogP contribution is -2.23. The van der Waals surface area contributed by atoms with Crippen LogP contribution in [0.4, 0.5) is 0 Å². The van der Waals surface area contributed by atoms with Gasteiger partial charge >= 0.3 is 0 Å². The van der Waals surface area contributed by atoms with Gasteiger partial charge in [0.05, 0.1) is 0 Å². The zero-order valence-electron chi connectivity index (χ0n) is 13.6. The maximum Gasteiger partial charge on any atom is 0.0313 e. The molecule has 0 spiro atoms. The molecule has 0 aliphatic carbocycles. The Labute approximate surface area is 134 Å². The Morgan fingerprint density at radius 1 is 0.909 bits per heavy atom.